The van der Waals surface area contributed by atoms with Crippen LogP contribution in [0, 0.1) is 0 Å². The molecule has 0 atom stereocenters. The van der Waals surface area contributed by atoms with Crippen LogP contribution in [0.5, 0.6) is 11.5 Å². The lowest BCUT2D eigenvalue weighted by Crippen LogP contribution is -1.98. The van der Waals surface area contributed by atoms with Crippen molar-refractivity contribution in [1.82, 2.24) is 0 Å². The minimum atomic E-state index is -0.281. The lowest BCUT2D eigenvalue weighted by Gasteiger charge is -2.08. The average molecular weight is 201 g/mol. The number of methoxy groups -OCH3 is 1. The van der Waals surface area contributed by atoms with E-state index in [4.69, 9.17) is 16.3 Å². The minimum Gasteiger partial charge on any atom is -0.507 e. The van der Waals surface area contributed by atoms with Crippen molar-refractivity contribution in [3.63, 3.8) is 0 Å². The van der Waals surface area contributed by atoms with Gasteiger partial charge in [0.15, 0.2) is 11.5 Å². The summed E-state index contributed by atoms with van der Waals surface area (Å²) in [5, 5.41) is 9.67. The van der Waals surface area contributed by atoms with E-state index in [1.54, 1.807) is 0 Å². The quantitative estimate of drug-likeness (QED) is 0.745. The zero-order valence-corrected chi connectivity index (χ0v) is 8.05. The van der Waals surface area contributed by atoms with Gasteiger partial charge in [-0.15, -0.1) is 0 Å². The molecule has 0 radical (unpaired) electrons. The highest BCUT2D eigenvalue weighted by molar-refractivity contribution is 6.32. The van der Waals surface area contributed by atoms with Crippen molar-refractivity contribution in [2.24, 2.45) is 0 Å². The predicted octanol–water partition coefficient (Wildman–Crippen LogP) is 2.26. The van der Waals surface area contributed by atoms with Crippen molar-refractivity contribution in [2.75, 3.05) is 7.11 Å². The zero-order valence-electron chi connectivity index (χ0n) is 7.30. The van der Waals surface area contributed by atoms with Gasteiger partial charge in [0, 0.05) is 0 Å². The van der Waals surface area contributed by atoms with Gasteiger partial charge in [-0.25, -0.2) is 0 Å². The Labute approximate surface area is 80.9 Å². The Morgan fingerprint density at radius 1 is 1.54 bits per heavy atom. The van der Waals surface area contributed by atoms with Crippen molar-refractivity contribution >= 4 is 17.4 Å². The number of carbonyl (C=O) groups excluding carboxylic acids is 1. The van der Waals surface area contributed by atoms with E-state index in [0.29, 0.717) is 5.02 Å². The second kappa shape index (κ2) is 3.66. The molecule has 0 heterocycles. The van der Waals surface area contributed by atoms with E-state index in [2.05, 4.69) is 0 Å². The third-order valence-corrected chi connectivity index (χ3v) is 1.94. The maximum absolute atomic E-state index is 11.1. The summed E-state index contributed by atoms with van der Waals surface area (Å²) in [6.45, 7) is 1.34. The number of phenols is 1. The maximum atomic E-state index is 11.1. The number of ketones is 1. The van der Waals surface area contributed by atoms with Gasteiger partial charge in [0.05, 0.1) is 12.1 Å². The number of hydrogen-bond donors (Lipinski definition) is 1. The summed E-state index contributed by atoms with van der Waals surface area (Å²) >= 11 is 5.76. The molecule has 0 aliphatic carbocycles. The van der Waals surface area contributed by atoms with Gasteiger partial charge in [0.25, 0.3) is 0 Å². The molecule has 1 N–H and O–H groups in total. The Bertz CT molecular complexity index is 347. The van der Waals surface area contributed by atoms with Crippen molar-refractivity contribution in [3.05, 3.63) is 22.7 Å². The molecule has 0 aromatic heterocycles. The summed E-state index contributed by atoms with van der Waals surface area (Å²) in [6.07, 6.45) is 0. The van der Waals surface area contributed by atoms with Crippen LogP contribution in [0.3, 0.4) is 0 Å². The summed E-state index contributed by atoms with van der Waals surface area (Å²) in [5.74, 6) is -0.181. The van der Waals surface area contributed by atoms with Crippen molar-refractivity contribution in [1.29, 1.82) is 0 Å². The summed E-state index contributed by atoms with van der Waals surface area (Å²) in [5.41, 5.74) is 0.120. The Morgan fingerprint density at radius 3 is 2.54 bits per heavy atom. The van der Waals surface area contributed by atoms with Crippen LogP contribution in [-0.4, -0.2) is 18.0 Å². The second-order valence-electron chi connectivity index (χ2n) is 2.53. The molecule has 0 fully saturated rings. The standard InChI is InChI=1S/C9H9ClO3/c1-5(11)8-7(12)4-3-6(10)9(8)13-2/h3-4,12H,1-2H3. The molecule has 0 unspecified atom stereocenters. The first-order chi connectivity index (χ1) is 6.07. The highest BCUT2D eigenvalue weighted by Crippen LogP contribution is 2.34. The molecule has 1 aromatic carbocycles. The Morgan fingerprint density at radius 2 is 2.15 bits per heavy atom. The largest absolute Gasteiger partial charge is 0.507 e. The topological polar surface area (TPSA) is 46.5 Å². The molecule has 0 aliphatic heterocycles. The number of phenolic OH excluding ortho intramolecular Hbond substituents is 1. The van der Waals surface area contributed by atoms with Crippen LogP contribution in [0.4, 0.5) is 0 Å². The Balaban J connectivity index is 3.43. The molecule has 0 aliphatic rings. The van der Waals surface area contributed by atoms with Crippen molar-refractivity contribution in [3.8, 4) is 11.5 Å². The van der Waals surface area contributed by atoms with Crippen LogP contribution in [-0.2, 0) is 0 Å². The fourth-order valence-corrected chi connectivity index (χ4v) is 1.32. The molecule has 0 saturated heterocycles. The summed E-state index contributed by atoms with van der Waals surface area (Å²) in [4.78, 5) is 11.1. The van der Waals surface area contributed by atoms with Gasteiger partial charge in [-0.05, 0) is 19.1 Å². The van der Waals surface area contributed by atoms with E-state index >= 15 is 0 Å². The molecule has 0 spiro atoms. The number of halogens is 1. The molecule has 1 aromatic rings. The van der Waals surface area contributed by atoms with Crippen molar-refractivity contribution in [2.45, 2.75) is 6.92 Å². The number of carbonyl (C=O) groups is 1. The van der Waals surface area contributed by atoms with E-state index in [1.165, 1.54) is 26.2 Å². The van der Waals surface area contributed by atoms with Crippen LogP contribution in [0.2, 0.25) is 5.02 Å². The highest BCUT2D eigenvalue weighted by atomic mass is 35.5. The fourth-order valence-electron chi connectivity index (χ4n) is 1.09. The molecular weight excluding hydrogens is 192 g/mol. The van der Waals surface area contributed by atoms with Gasteiger partial charge in [-0.2, -0.15) is 0 Å². The molecule has 3 nitrogen and oxygen atoms in total. The first-order valence-electron chi connectivity index (χ1n) is 3.64. The number of aromatic hydroxyl groups is 1. The number of hydrogen-bond acceptors (Lipinski definition) is 3. The second-order valence-corrected chi connectivity index (χ2v) is 2.94. The molecule has 70 valence electrons. The molecule has 0 bridgehead atoms. The molecule has 1 rings (SSSR count). The normalized spacial score (nSPS) is 9.77. The van der Waals surface area contributed by atoms with E-state index in [9.17, 15) is 9.90 Å². The van der Waals surface area contributed by atoms with Gasteiger partial charge in [-0.3, -0.25) is 4.79 Å². The Hall–Kier alpha value is -1.22. The van der Waals surface area contributed by atoms with E-state index in [0.717, 1.165) is 0 Å². The third-order valence-electron chi connectivity index (χ3n) is 1.64. The molecule has 0 amide bonds. The van der Waals surface area contributed by atoms with Crippen LogP contribution < -0.4 is 4.74 Å². The third kappa shape index (κ3) is 1.75. The van der Waals surface area contributed by atoms with Gasteiger partial charge in [0.1, 0.15) is 11.3 Å². The zero-order chi connectivity index (χ0) is 10.0. The number of benzene rings is 1. The van der Waals surface area contributed by atoms with Crippen LogP contribution >= 0.6 is 11.6 Å². The first kappa shape index (κ1) is 9.86. The van der Waals surface area contributed by atoms with Crippen LogP contribution in [0.25, 0.3) is 0 Å². The first-order valence-corrected chi connectivity index (χ1v) is 4.02. The SMILES string of the molecule is COc1c(Cl)ccc(O)c1C(C)=O. The lowest BCUT2D eigenvalue weighted by atomic mass is 10.1. The maximum Gasteiger partial charge on any atom is 0.167 e. The van der Waals surface area contributed by atoms with E-state index in [1.807, 2.05) is 0 Å². The van der Waals surface area contributed by atoms with Gasteiger partial charge < -0.3 is 9.84 Å². The predicted molar refractivity (Wildman–Crippen MR) is 49.7 cm³/mol. The Kier molecular flexibility index (Phi) is 2.78. The average Bonchev–Trinajstić information content (AvgIpc) is 2.07. The number of ether oxygens (including phenoxy) is 1. The molecule has 0 saturated carbocycles. The fraction of sp³-hybridized carbons (Fsp3) is 0.222. The van der Waals surface area contributed by atoms with Crippen LogP contribution in [0.15, 0.2) is 12.1 Å². The molecular formula is C9H9ClO3. The van der Waals surface area contributed by atoms with Gasteiger partial charge in [-0.1, -0.05) is 11.6 Å². The lowest BCUT2D eigenvalue weighted by molar-refractivity contribution is 0.101. The molecule has 13 heavy (non-hydrogen) atoms. The van der Waals surface area contributed by atoms with Crippen molar-refractivity contribution < 1.29 is 14.6 Å². The van der Waals surface area contributed by atoms with E-state index < -0.39 is 0 Å². The monoisotopic (exact) mass is 200 g/mol. The number of rotatable bonds is 2. The minimum absolute atomic E-state index is 0.117. The smallest absolute Gasteiger partial charge is 0.167 e. The van der Waals surface area contributed by atoms with Crippen LogP contribution in [0.1, 0.15) is 17.3 Å². The highest BCUT2D eigenvalue weighted by Gasteiger charge is 2.16. The van der Waals surface area contributed by atoms with Gasteiger partial charge in [0.2, 0.25) is 0 Å². The summed E-state index contributed by atoms with van der Waals surface area (Å²) in [6, 6.07) is 2.84. The summed E-state index contributed by atoms with van der Waals surface area (Å²) in [7, 11) is 1.40. The van der Waals surface area contributed by atoms with Gasteiger partial charge >= 0.3 is 0 Å². The van der Waals surface area contributed by atoms with E-state index in [-0.39, 0.29) is 22.8 Å². The summed E-state index contributed by atoms with van der Waals surface area (Å²) < 4.78 is 4.91. The number of Topliss-reactive ketones (excluding diaryl/α,β-unsaturated/α-hetero) is 1. The molecule has 4 heteroatoms.